The fourth-order valence-electron chi connectivity index (χ4n) is 1.35. The first-order valence-electron chi connectivity index (χ1n) is 5.01. The highest BCUT2D eigenvalue weighted by Gasteiger charge is 2.03. The minimum absolute atomic E-state index is 0.513. The second-order valence-electron chi connectivity index (χ2n) is 3.41. The van der Waals surface area contributed by atoms with E-state index in [1.165, 1.54) is 0 Å². The van der Waals surface area contributed by atoms with Crippen LogP contribution in [0.5, 0.6) is 5.75 Å². The van der Waals surface area contributed by atoms with Gasteiger partial charge in [0.25, 0.3) is 0 Å². The van der Waals surface area contributed by atoms with Gasteiger partial charge in [-0.25, -0.2) is 5.90 Å². The van der Waals surface area contributed by atoms with E-state index in [9.17, 15) is 0 Å². The predicted molar refractivity (Wildman–Crippen MR) is 66.5 cm³/mol. The minimum atomic E-state index is 0.513. The zero-order valence-electron chi connectivity index (χ0n) is 9.50. The molecule has 4 heteroatoms. The van der Waals surface area contributed by atoms with Crippen LogP contribution < -0.4 is 10.6 Å². The van der Waals surface area contributed by atoms with Gasteiger partial charge >= 0.3 is 0 Å². The monoisotopic (exact) mass is 241 g/mol. The summed E-state index contributed by atoms with van der Waals surface area (Å²) in [5, 5.41) is 0.614. The molecule has 0 saturated heterocycles. The lowest BCUT2D eigenvalue weighted by Gasteiger charge is -2.07. The molecule has 0 amide bonds. The molecule has 1 aromatic carbocycles. The molecule has 16 heavy (non-hydrogen) atoms. The van der Waals surface area contributed by atoms with E-state index in [0.29, 0.717) is 17.4 Å². The van der Waals surface area contributed by atoms with E-state index in [4.69, 9.17) is 22.2 Å². The highest BCUT2D eigenvalue weighted by atomic mass is 35.5. The van der Waals surface area contributed by atoms with Gasteiger partial charge in [-0.15, -0.1) is 0 Å². The smallest absolute Gasteiger partial charge is 0.137 e. The van der Waals surface area contributed by atoms with Gasteiger partial charge in [-0.3, -0.25) is 0 Å². The lowest BCUT2D eigenvalue weighted by atomic mass is 10.1. The van der Waals surface area contributed by atoms with Gasteiger partial charge in [0.15, 0.2) is 0 Å². The summed E-state index contributed by atoms with van der Waals surface area (Å²) in [4.78, 5) is 4.47. The summed E-state index contributed by atoms with van der Waals surface area (Å²) in [6, 6.07) is 3.80. The molecule has 0 unspecified atom stereocenters. The Hall–Kier alpha value is -1.03. The molecule has 0 radical (unpaired) electrons. The van der Waals surface area contributed by atoms with Crippen molar-refractivity contribution >= 4 is 17.7 Å². The maximum atomic E-state index is 6.04. The topological polar surface area (TPSA) is 44.5 Å². The van der Waals surface area contributed by atoms with Crippen LogP contribution >= 0.6 is 11.6 Å². The van der Waals surface area contributed by atoms with Crippen LogP contribution in [0.2, 0.25) is 5.02 Å². The molecule has 88 valence electrons. The maximum Gasteiger partial charge on any atom is 0.137 e. The van der Waals surface area contributed by atoms with Gasteiger partial charge in [-0.1, -0.05) is 23.8 Å². The molecule has 0 heterocycles. The molecule has 0 aliphatic rings. The molecule has 1 aromatic rings. The van der Waals surface area contributed by atoms with Crippen LogP contribution in [0.15, 0.2) is 18.2 Å². The minimum Gasteiger partial charge on any atom is -0.495 e. The van der Waals surface area contributed by atoms with Crippen LogP contribution in [0.25, 0.3) is 6.08 Å². The van der Waals surface area contributed by atoms with Gasteiger partial charge in [0.05, 0.1) is 18.7 Å². The van der Waals surface area contributed by atoms with Crippen LogP contribution in [0.3, 0.4) is 0 Å². The number of rotatable bonds is 5. The van der Waals surface area contributed by atoms with Gasteiger partial charge < -0.3 is 9.57 Å². The third-order valence-electron chi connectivity index (χ3n) is 2.24. The van der Waals surface area contributed by atoms with Gasteiger partial charge in [-0.05, 0) is 36.6 Å². The van der Waals surface area contributed by atoms with Gasteiger partial charge in [0.2, 0.25) is 0 Å². The molecule has 2 N–H and O–H groups in total. The van der Waals surface area contributed by atoms with Crippen LogP contribution in [0, 0.1) is 6.92 Å². The molecule has 1 rings (SSSR count). The lowest BCUT2D eigenvalue weighted by Crippen LogP contribution is -1.98. The second kappa shape index (κ2) is 6.53. The first kappa shape index (κ1) is 13.0. The fraction of sp³-hybridized carbons (Fsp3) is 0.333. The summed E-state index contributed by atoms with van der Waals surface area (Å²) < 4.78 is 5.13. The van der Waals surface area contributed by atoms with Gasteiger partial charge in [0.1, 0.15) is 5.75 Å². The summed E-state index contributed by atoms with van der Waals surface area (Å²) in [6.07, 6.45) is 4.78. The summed E-state index contributed by atoms with van der Waals surface area (Å²) in [7, 11) is 1.61. The van der Waals surface area contributed by atoms with E-state index in [1.54, 1.807) is 7.11 Å². The summed E-state index contributed by atoms with van der Waals surface area (Å²) >= 11 is 6.04. The maximum absolute atomic E-state index is 6.04. The number of ether oxygens (including phenoxy) is 1. The zero-order valence-corrected chi connectivity index (χ0v) is 10.3. The van der Waals surface area contributed by atoms with Crippen molar-refractivity contribution in [2.75, 3.05) is 13.7 Å². The molecule has 0 atom stereocenters. The van der Waals surface area contributed by atoms with Crippen molar-refractivity contribution in [2.45, 2.75) is 13.3 Å². The van der Waals surface area contributed by atoms with Crippen LogP contribution in [-0.4, -0.2) is 13.7 Å². The molecule has 0 saturated carbocycles. The number of hydrogen-bond donors (Lipinski definition) is 1. The summed E-state index contributed by atoms with van der Waals surface area (Å²) in [5.74, 6) is 5.62. The summed E-state index contributed by atoms with van der Waals surface area (Å²) in [5.41, 5.74) is 2.19. The predicted octanol–water partition coefficient (Wildman–Crippen LogP) is 2.95. The molecular weight excluding hydrogens is 226 g/mol. The SMILES string of the molecule is COc1cc(C)c(/C=C/CCON)cc1Cl. The van der Waals surface area contributed by atoms with Crippen molar-refractivity contribution in [1.29, 1.82) is 0 Å². The average Bonchev–Trinajstić information content (AvgIpc) is 2.28. The van der Waals surface area contributed by atoms with Crippen molar-refractivity contribution in [3.8, 4) is 5.75 Å². The van der Waals surface area contributed by atoms with Crippen LogP contribution in [0.1, 0.15) is 17.5 Å². The molecule has 0 aliphatic heterocycles. The van der Waals surface area contributed by atoms with Gasteiger partial charge in [-0.2, -0.15) is 0 Å². The Morgan fingerprint density at radius 2 is 2.19 bits per heavy atom. The molecular formula is C12H16ClNO2. The van der Waals surface area contributed by atoms with Crippen molar-refractivity contribution in [3.05, 3.63) is 34.4 Å². The number of benzene rings is 1. The Balaban J connectivity index is 2.81. The van der Waals surface area contributed by atoms with E-state index < -0.39 is 0 Å². The number of hydrogen-bond acceptors (Lipinski definition) is 3. The fourth-order valence-corrected chi connectivity index (χ4v) is 1.60. The van der Waals surface area contributed by atoms with E-state index in [2.05, 4.69) is 4.84 Å². The highest BCUT2D eigenvalue weighted by Crippen LogP contribution is 2.28. The third kappa shape index (κ3) is 3.52. The van der Waals surface area contributed by atoms with Crippen molar-refractivity contribution in [2.24, 2.45) is 5.90 Å². The Kier molecular flexibility index (Phi) is 5.32. The van der Waals surface area contributed by atoms with E-state index in [0.717, 1.165) is 17.5 Å². The van der Waals surface area contributed by atoms with E-state index >= 15 is 0 Å². The van der Waals surface area contributed by atoms with E-state index in [1.807, 2.05) is 31.2 Å². The average molecular weight is 242 g/mol. The van der Waals surface area contributed by atoms with Crippen molar-refractivity contribution in [1.82, 2.24) is 0 Å². The number of methoxy groups -OCH3 is 1. The number of aryl methyl sites for hydroxylation is 1. The normalized spacial score (nSPS) is 11.0. The first-order valence-corrected chi connectivity index (χ1v) is 5.39. The highest BCUT2D eigenvalue weighted by molar-refractivity contribution is 6.32. The molecule has 0 aromatic heterocycles. The van der Waals surface area contributed by atoms with Crippen LogP contribution in [0.4, 0.5) is 0 Å². The van der Waals surface area contributed by atoms with Gasteiger partial charge in [0, 0.05) is 0 Å². The third-order valence-corrected chi connectivity index (χ3v) is 2.54. The molecule has 0 aliphatic carbocycles. The van der Waals surface area contributed by atoms with Crippen molar-refractivity contribution in [3.63, 3.8) is 0 Å². The second-order valence-corrected chi connectivity index (χ2v) is 3.81. The lowest BCUT2D eigenvalue weighted by molar-refractivity contribution is 0.143. The first-order chi connectivity index (χ1) is 7.69. The molecule has 0 bridgehead atoms. The Labute approximate surface area is 101 Å². The Morgan fingerprint density at radius 1 is 1.44 bits per heavy atom. The van der Waals surface area contributed by atoms with Crippen molar-refractivity contribution < 1.29 is 9.57 Å². The summed E-state index contributed by atoms with van der Waals surface area (Å²) in [6.45, 7) is 2.53. The number of nitrogens with two attached hydrogens (primary N) is 1. The Morgan fingerprint density at radius 3 is 2.81 bits per heavy atom. The standard InChI is InChI=1S/C12H16ClNO2/c1-9-7-12(15-2)11(13)8-10(9)5-3-4-6-16-14/h3,5,7-8H,4,6,14H2,1-2H3/b5-3+. The van der Waals surface area contributed by atoms with Crippen LogP contribution in [-0.2, 0) is 4.84 Å². The molecule has 0 fully saturated rings. The largest absolute Gasteiger partial charge is 0.495 e. The molecule has 0 spiro atoms. The Bertz CT molecular complexity index is 378. The molecule has 3 nitrogen and oxygen atoms in total. The quantitative estimate of drug-likeness (QED) is 0.637. The number of halogens is 1. The zero-order chi connectivity index (χ0) is 12.0. The van der Waals surface area contributed by atoms with E-state index in [-0.39, 0.29) is 0 Å².